The highest BCUT2D eigenvalue weighted by Crippen LogP contribution is 2.36. The van der Waals surface area contributed by atoms with Gasteiger partial charge < -0.3 is 10.1 Å². The van der Waals surface area contributed by atoms with E-state index in [0.717, 1.165) is 6.07 Å². The van der Waals surface area contributed by atoms with Crippen molar-refractivity contribution in [1.29, 1.82) is 0 Å². The Morgan fingerprint density at radius 1 is 0.971 bits per heavy atom. The molecule has 0 saturated carbocycles. The van der Waals surface area contributed by atoms with Crippen molar-refractivity contribution in [3.63, 3.8) is 0 Å². The first-order valence-corrected chi connectivity index (χ1v) is 9.98. The molecule has 0 spiro atoms. The fourth-order valence-electron chi connectivity index (χ4n) is 3.47. The molecule has 8 nitrogen and oxygen atoms in total. The third kappa shape index (κ3) is 3.76. The summed E-state index contributed by atoms with van der Waals surface area (Å²) in [6.07, 6.45) is -3.33. The van der Waals surface area contributed by atoms with Crippen molar-refractivity contribution >= 4 is 28.2 Å². The van der Waals surface area contributed by atoms with Crippen molar-refractivity contribution in [3.05, 3.63) is 82.8 Å². The lowest BCUT2D eigenvalue weighted by Gasteiger charge is -2.12. The first kappa shape index (κ1) is 21.3. The lowest BCUT2D eigenvalue weighted by atomic mass is 10.1. The van der Waals surface area contributed by atoms with Gasteiger partial charge in [-0.2, -0.15) is 17.7 Å². The second-order valence-electron chi connectivity index (χ2n) is 7.21. The predicted molar refractivity (Wildman–Crippen MR) is 119 cm³/mol. The number of benzene rings is 2. The van der Waals surface area contributed by atoms with Gasteiger partial charge in [-0.15, -0.1) is 5.10 Å². The van der Waals surface area contributed by atoms with Gasteiger partial charge in [-0.05, 0) is 48.5 Å². The number of halogens is 3. The van der Waals surface area contributed by atoms with E-state index in [-0.39, 0.29) is 34.0 Å². The van der Waals surface area contributed by atoms with Crippen LogP contribution in [0.25, 0.3) is 27.9 Å². The SMILES string of the molecule is COc1ccc(-c2nc3c4cccc(C(F)(F)F)c4nc(Nc4ccccnc4=O)n3n2)cc1. The van der Waals surface area contributed by atoms with Crippen LogP contribution in [-0.2, 0) is 6.18 Å². The zero-order valence-corrected chi connectivity index (χ0v) is 17.5. The molecule has 0 atom stereocenters. The normalized spacial score (nSPS) is 11.6. The Labute approximate surface area is 189 Å². The van der Waals surface area contributed by atoms with E-state index in [1.807, 2.05) is 0 Å². The van der Waals surface area contributed by atoms with Crippen LogP contribution in [0, 0.1) is 0 Å². The summed E-state index contributed by atoms with van der Waals surface area (Å²) < 4.78 is 47.7. The minimum Gasteiger partial charge on any atom is -0.497 e. The van der Waals surface area contributed by atoms with Crippen LogP contribution in [0.5, 0.6) is 5.75 Å². The zero-order valence-electron chi connectivity index (χ0n) is 17.5. The van der Waals surface area contributed by atoms with Crippen LogP contribution in [0.1, 0.15) is 5.56 Å². The van der Waals surface area contributed by atoms with E-state index in [0.29, 0.717) is 11.3 Å². The minimum absolute atomic E-state index is 0.0177. The first-order valence-electron chi connectivity index (χ1n) is 9.98. The number of alkyl halides is 3. The molecule has 0 aliphatic rings. The fraction of sp³-hybridized carbons (Fsp3) is 0.0870. The van der Waals surface area contributed by atoms with Gasteiger partial charge in [-0.25, -0.2) is 15.0 Å². The molecule has 34 heavy (non-hydrogen) atoms. The topological polar surface area (TPSA) is 94.3 Å². The molecular weight excluding hydrogens is 449 g/mol. The van der Waals surface area contributed by atoms with Crippen LogP contribution in [0.4, 0.5) is 24.8 Å². The summed E-state index contributed by atoms with van der Waals surface area (Å²) in [5, 5.41) is 7.39. The highest BCUT2D eigenvalue weighted by Gasteiger charge is 2.34. The Morgan fingerprint density at radius 2 is 1.76 bits per heavy atom. The maximum Gasteiger partial charge on any atom is 0.418 e. The fourth-order valence-corrected chi connectivity index (χ4v) is 3.47. The van der Waals surface area contributed by atoms with E-state index < -0.39 is 17.3 Å². The molecule has 0 aliphatic carbocycles. The number of aromatic nitrogens is 5. The Kier molecular flexibility index (Phi) is 5.08. The molecule has 5 aromatic rings. The number of para-hydroxylation sites is 1. The Balaban J connectivity index is 1.79. The summed E-state index contributed by atoms with van der Waals surface area (Å²) in [4.78, 5) is 24.7. The number of nitrogens with zero attached hydrogens (tertiary/aromatic N) is 5. The van der Waals surface area contributed by atoms with Crippen molar-refractivity contribution in [1.82, 2.24) is 24.6 Å². The van der Waals surface area contributed by atoms with Crippen LogP contribution in [0.3, 0.4) is 0 Å². The second-order valence-corrected chi connectivity index (χ2v) is 7.21. The van der Waals surface area contributed by atoms with Crippen molar-refractivity contribution < 1.29 is 17.9 Å². The molecule has 170 valence electrons. The van der Waals surface area contributed by atoms with Gasteiger partial charge in [0, 0.05) is 17.1 Å². The monoisotopic (exact) mass is 464 g/mol. The Morgan fingerprint density at radius 3 is 2.50 bits per heavy atom. The molecule has 3 heterocycles. The molecule has 2 aromatic carbocycles. The second kappa shape index (κ2) is 8.10. The third-order valence-electron chi connectivity index (χ3n) is 5.08. The van der Waals surface area contributed by atoms with Crippen molar-refractivity contribution in [2.24, 2.45) is 0 Å². The molecule has 0 bridgehead atoms. The molecular formula is C23H15F3N6O2. The number of anilines is 2. The average Bonchev–Trinajstić information content (AvgIpc) is 3.18. The lowest BCUT2D eigenvalue weighted by Crippen LogP contribution is -2.13. The molecule has 11 heteroatoms. The Hall–Kier alpha value is -4.54. The van der Waals surface area contributed by atoms with Gasteiger partial charge in [0.1, 0.15) is 11.4 Å². The lowest BCUT2D eigenvalue weighted by molar-refractivity contribution is -0.136. The number of ether oxygens (including phenoxy) is 1. The van der Waals surface area contributed by atoms with E-state index in [9.17, 15) is 18.0 Å². The summed E-state index contributed by atoms with van der Waals surface area (Å²) in [6, 6.07) is 15.2. The average molecular weight is 464 g/mol. The smallest absolute Gasteiger partial charge is 0.418 e. The van der Waals surface area contributed by atoms with Gasteiger partial charge >= 0.3 is 6.18 Å². The summed E-state index contributed by atoms with van der Waals surface area (Å²) in [6.45, 7) is 0. The highest BCUT2D eigenvalue weighted by atomic mass is 19.4. The van der Waals surface area contributed by atoms with Crippen molar-refractivity contribution in [2.75, 3.05) is 12.4 Å². The first-order chi connectivity index (χ1) is 16.3. The summed E-state index contributed by atoms with van der Waals surface area (Å²) in [7, 11) is 1.54. The van der Waals surface area contributed by atoms with Gasteiger partial charge in [0.05, 0.1) is 18.2 Å². The van der Waals surface area contributed by atoms with Crippen LogP contribution < -0.4 is 15.6 Å². The van der Waals surface area contributed by atoms with Crippen molar-refractivity contribution in [3.8, 4) is 17.1 Å². The molecule has 0 unspecified atom stereocenters. The van der Waals surface area contributed by atoms with Gasteiger partial charge in [-0.1, -0.05) is 12.1 Å². The van der Waals surface area contributed by atoms with Crippen LogP contribution in [0.15, 0.2) is 71.7 Å². The van der Waals surface area contributed by atoms with Gasteiger partial charge in [0.25, 0.3) is 5.56 Å². The minimum atomic E-state index is -4.65. The number of fused-ring (bicyclic) bond motifs is 3. The maximum absolute atomic E-state index is 13.8. The van der Waals surface area contributed by atoms with E-state index >= 15 is 0 Å². The van der Waals surface area contributed by atoms with Crippen LogP contribution in [-0.4, -0.2) is 31.7 Å². The largest absolute Gasteiger partial charge is 0.497 e. The van der Waals surface area contributed by atoms with Gasteiger partial charge in [-0.3, -0.25) is 4.79 Å². The molecule has 0 aliphatic heterocycles. The van der Waals surface area contributed by atoms with Crippen LogP contribution in [0.2, 0.25) is 0 Å². The zero-order chi connectivity index (χ0) is 23.9. The number of methoxy groups -OCH3 is 1. The molecule has 0 radical (unpaired) electrons. The highest BCUT2D eigenvalue weighted by molar-refractivity contribution is 5.95. The molecule has 3 aromatic heterocycles. The third-order valence-corrected chi connectivity index (χ3v) is 5.08. The number of rotatable bonds is 4. The maximum atomic E-state index is 13.8. The van der Waals surface area contributed by atoms with E-state index in [2.05, 4.69) is 25.4 Å². The standard InChI is InChI=1S/C23H15F3N6O2/c1-34-14-10-8-13(9-11-14)19-30-20-15-5-4-6-16(23(24,25)26)18(15)29-22(32(20)31-19)28-17-7-2-3-12-27-21(17)33/h2-12H,1H3,(H,27,28,29,33). The Bertz CT molecular complexity index is 1580. The molecule has 5 rings (SSSR count). The predicted octanol–water partition coefficient (Wildman–Crippen LogP) is 4.47. The summed E-state index contributed by atoms with van der Waals surface area (Å²) in [5.74, 6) is 0.775. The number of hydrogen-bond donors (Lipinski definition) is 1. The molecule has 1 N–H and O–H groups in total. The quantitative estimate of drug-likeness (QED) is 0.419. The van der Waals surface area contributed by atoms with Crippen LogP contribution >= 0.6 is 0 Å². The van der Waals surface area contributed by atoms with E-state index in [4.69, 9.17) is 4.74 Å². The number of hydrogen-bond acceptors (Lipinski definition) is 7. The number of nitrogens with one attached hydrogen (secondary N) is 1. The van der Waals surface area contributed by atoms with E-state index in [1.165, 1.54) is 36.0 Å². The molecule has 0 saturated heterocycles. The summed E-state index contributed by atoms with van der Waals surface area (Å²) in [5.41, 5.74) is -1.08. The van der Waals surface area contributed by atoms with Crippen molar-refractivity contribution in [2.45, 2.75) is 6.18 Å². The van der Waals surface area contributed by atoms with Gasteiger partial charge in [0.15, 0.2) is 11.5 Å². The molecule has 0 amide bonds. The molecule has 0 fully saturated rings. The van der Waals surface area contributed by atoms with E-state index in [1.54, 1.807) is 36.4 Å². The summed E-state index contributed by atoms with van der Waals surface area (Å²) >= 11 is 0. The van der Waals surface area contributed by atoms with Gasteiger partial charge in [0.2, 0.25) is 5.95 Å².